The SMILES string of the molecule is CC(C)c1ccc(C(=O)NCc2cccc(NC(=O)CCN3CCOCC3)c2)c(O)c1. The number of amides is 2. The number of carbonyl (C=O) groups is 2. The van der Waals surface area contributed by atoms with Gasteiger partial charge in [0.15, 0.2) is 0 Å². The highest BCUT2D eigenvalue weighted by Crippen LogP contribution is 2.23. The summed E-state index contributed by atoms with van der Waals surface area (Å²) in [5, 5.41) is 15.9. The van der Waals surface area contributed by atoms with Crippen LogP contribution in [-0.4, -0.2) is 54.7 Å². The molecule has 0 aliphatic carbocycles. The summed E-state index contributed by atoms with van der Waals surface area (Å²) in [6.07, 6.45) is 0.423. The van der Waals surface area contributed by atoms with Crippen LogP contribution in [0.4, 0.5) is 5.69 Å². The summed E-state index contributed by atoms with van der Waals surface area (Å²) in [4.78, 5) is 26.9. The molecule has 2 amide bonds. The lowest BCUT2D eigenvalue weighted by molar-refractivity contribution is -0.116. The van der Waals surface area contributed by atoms with Crippen LogP contribution >= 0.6 is 0 Å². The number of carbonyl (C=O) groups excluding carboxylic acids is 2. The largest absolute Gasteiger partial charge is 0.507 e. The monoisotopic (exact) mass is 425 g/mol. The van der Waals surface area contributed by atoms with Gasteiger partial charge in [0.2, 0.25) is 5.91 Å². The van der Waals surface area contributed by atoms with Crippen LogP contribution in [0.1, 0.15) is 47.7 Å². The molecule has 31 heavy (non-hydrogen) atoms. The average Bonchev–Trinajstić information content (AvgIpc) is 2.77. The number of hydrogen-bond acceptors (Lipinski definition) is 5. The molecular formula is C24H31N3O4. The number of rotatable bonds is 8. The second-order valence-electron chi connectivity index (χ2n) is 8.07. The summed E-state index contributed by atoms with van der Waals surface area (Å²) in [6.45, 7) is 8.22. The molecule has 166 valence electrons. The molecule has 0 spiro atoms. The Balaban J connectivity index is 1.50. The molecule has 2 aromatic carbocycles. The fourth-order valence-corrected chi connectivity index (χ4v) is 3.44. The van der Waals surface area contributed by atoms with E-state index >= 15 is 0 Å². The minimum absolute atomic E-state index is 0.0232. The molecule has 7 nitrogen and oxygen atoms in total. The number of anilines is 1. The molecule has 1 fully saturated rings. The van der Waals surface area contributed by atoms with Crippen molar-refractivity contribution in [3.63, 3.8) is 0 Å². The van der Waals surface area contributed by atoms with E-state index in [2.05, 4.69) is 15.5 Å². The maximum Gasteiger partial charge on any atom is 0.255 e. The molecular weight excluding hydrogens is 394 g/mol. The molecule has 0 atom stereocenters. The first kappa shape index (κ1) is 22.8. The summed E-state index contributed by atoms with van der Waals surface area (Å²) in [6, 6.07) is 12.5. The minimum Gasteiger partial charge on any atom is -0.507 e. The second-order valence-corrected chi connectivity index (χ2v) is 8.07. The molecule has 0 unspecified atom stereocenters. The van der Waals surface area contributed by atoms with Crippen LogP contribution in [0.3, 0.4) is 0 Å². The minimum atomic E-state index is -0.340. The molecule has 1 aliphatic rings. The zero-order valence-corrected chi connectivity index (χ0v) is 18.2. The van der Waals surface area contributed by atoms with E-state index in [9.17, 15) is 14.7 Å². The Morgan fingerprint density at radius 3 is 2.61 bits per heavy atom. The lowest BCUT2D eigenvalue weighted by Crippen LogP contribution is -2.38. The van der Waals surface area contributed by atoms with Crippen LogP contribution in [0.5, 0.6) is 5.75 Å². The van der Waals surface area contributed by atoms with Gasteiger partial charge in [-0.2, -0.15) is 0 Å². The Hall–Kier alpha value is -2.90. The van der Waals surface area contributed by atoms with Crippen molar-refractivity contribution in [1.29, 1.82) is 0 Å². The van der Waals surface area contributed by atoms with E-state index in [1.165, 1.54) is 0 Å². The summed E-state index contributed by atoms with van der Waals surface area (Å²) in [7, 11) is 0. The second kappa shape index (κ2) is 10.9. The summed E-state index contributed by atoms with van der Waals surface area (Å²) in [5.74, 6) is -0.129. The number of nitrogens with one attached hydrogen (secondary N) is 2. The molecule has 3 N–H and O–H groups in total. The molecule has 7 heteroatoms. The van der Waals surface area contributed by atoms with Crippen LogP contribution in [0.25, 0.3) is 0 Å². The first-order valence-electron chi connectivity index (χ1n) is 10.7. The third-order valence-electron chi connectivity index (χ3n) is 5.36. The van der Waals surface area contributed by atoms with E-state index in [4.69, 9.17) is 4.74 Å². The third kappa shape index (κ3) is 6.80. The van der Waals surface area contributed by atoms with Crippen molar-refractivity contribution in [1.82, 2.24) is 10.2 Å². The summed E-state index contributed by atoms with van der Waals surface area (Å²) < 4.78 is 5.32. The van der Waals surface area contributed by atoms with Crippen LogP contribution < -0.4 is 10.6 Å². The molecule has 1 heterocycles. The highest BCUT2D eigenvalue weighted by molar-refractivity contribution is 5.97. The molecule has 1 saturated heterocycles. The predicted octanol–water partition coefficient (Wildman–Crippen LogP) is 3.11. The highest BCUT2D eigenvalue weighted by Gasteiger charge is 2.14. The van der Waals surface area contributed by atoms with Crippen LogP contribution in [0, 0.1) is 0 Å². The van der Waals surface area contributed by atoms with Gasteiger partial charge < -0.3 is 20.5 Å². The maximum atomic E-state index is 12.5. The Kier molecular flexibility index (Phi) is 8.03. The number of hydrogen-bond donors (Lipinski definition) is 3. The van der Waals surface area contributed by atoms with Gasteiger partial charge in [0.25, 0.3) is 5.91 Å². The molecule has 0 aromatic heterocycles. The highest BCUT2D eigenvalue weighted by atomic mass is 16.5. The van der Waals surface area contributed by atoms with E-state index in [-0.39, 0.29) is 29.0 Å². The van der Waals surface area contributed by atoms with Crippen molar-refractivity contribution in [2.75, 3.05) is 38.2 Å². The Bertz CT molecular complexity index is 907. The van der Waals surface area contributed by atoms with Crippen molar-refractivity contribution in [3.05, 3.63) is 59.2 Å². The van der Waals surface area contributed by atoms with E-state index < -0.39 is 0 Å². The van der Waals surface area contributed by atoms with Crippen molar-refractivity contribution < 1.29 is 19.4 Å². The topological polar surface area (TPSA) is 90.9 Å². The number of phenolic OH excluding ortho intramolecular Hbond substituents is 1. The van der Waals surface area contributed by atoms with E-state index in [0.29, 0.717) is 25.2 Å². The first-order chi connectivity index (χ1) is 14.9. The number of aromatic hydroxyl groups is 1. The maximum absolute atomic E-state index is 12.5. The number of morpholine rings is 1. The molecule has 3 rings (SSSR count). The van der Waals surface area contributed by atoms with Gasteiger partial charge in [-0.15, -0.1) is 0 Å². The smallest absolute Gasteiger partial charge is 0.255 e. The lowest BCUT2D eigenvalue weighted by atomic mass is 10.0. The van der Waals surface area contributed by atoms with Gasteiger partial charge in [-0.25, -0.2) is 0 Å². The Morgan fingerprint density at radius 1 is 1.13 bits per heavy atom. The van der Waals surface area contributed by atoms with Crippen molar-refractivity contribution in [3.8, 4) is 5.75 Å². The zero-order chi connectivity index (χ0) is 22.2. The normalized spacial score (nSPS) is 14.4. The van der Waals surface area contributed by atoms with Gasteiger partial charge in [-0.05, 0) is 41.3 Å². The molecule has 0 saturated carbocycles. The van der Waals surface area contributed by atoms with E-state index in [1.54, 1.807) is 12.1 Å². The average molecular weight is 426 g/mol. The van der Waals surface area contributed by atoms with Crippen molar-refractivity contribution >= 4 is 17.5 Å². The van der Waals surface area contributed by atoms with Gasteiger partial charge >= 0.3 is 0 Å². The molecule has 1 aliphatic heterocycles. The van der Waals surface area contributed by atoms with Gasteiger partial charge in [-0.3, -0.25) is 14.5 Å². The number of benzene rings is 2. The predicted molar refractivity (Wildman–Crippen MR) is 120 cm³/mol. The van der Waals surface area contributed by atoms with Crippen molar-refractivity contribution in [2.24, 2.45) is 0 Å². The number of phenols is 1. The number of nitrogens with zero attached hydrogens (tertiary/aromatic N) is 1. The zero-order valence-electron chi connectivity index (χ0n) is 18.2. The number of ether oxygens (including phenoxy) is 1. The third-order valence-corrected chi connectivity index (χ3v) is 5.36. The summed E-state index contributed by atoms with van der Waals surface area (Å²) in [5.41, 5.74) is 2.78. The van der Waals surface area contributed by atoms with Gasteiger partial charge in [0, 0.05) is 38.3 Å². The quantitative estimate of drug-likeness (QED) is 0.605. The Labute approximate surface area is 183 Å². The van der Waals surface area contributed by atoms with Crippen LogP contribution in [0.2, 0.25) is 0 Å². The van der Waals surface area contributed by atoms with E-state index in [1.807, 2.05) is 44.2 Å². The standard InChI is InChI=1S/C24H31N3O4/c1-17(2)19-6-7-21(22(28)15-19)24(30)25-16-18-4-3-5-20(14-18)26-23(29)8-9-27-10-12-31-13-11-27/h3-7,14-15,17,28H,8-13,16H2,1-2H3,(H,25,30)(H,26,29). The molecule has 0 bridgehead atoms. The van der Waals surface area contributed by atoms with Gasteiger partial charge in [0.1, 0.15) is 5.75 Å². The molecule has 0 radical (unpaired) electrons. The first-order valence-corrected chi connectivity index (χ1v) is 10.7. The van der Waals surface area contributed by atoms with Crippen LogP contribution in [0.15, 0.2) is 42.5 Å². The molecule has 2 aromatic rings. The van der Waals surface area contributed by atoms with Gasteiger partial charge in [0.05, 0.1) is 18.8 Å². The van der Waals surface area contributed by atoms with Gasteiger partial charge in [-0.1, -0.05) is 32.0 Å². The van der Waals surface area contributed by atoms with Crippen LogP contribution in [-0.2, 0) is 16.1 Å². The Morgan fingerprint density at radius 2 is 1.90 bits per heavy atom. The fourth-order valence-electron chi connectivity index (χ4n) is 3.44. The summed E-state index contributed by atoms with van der Waals surface area (Å²) >= 11 is 0. The lowest BCUT2D eigenvalue weighted by Gasteiger charge is -2.26. The van der Waals surface area contributed by atoms with Crippen molar-refractivity contribution in [2.45, 2.75) is 32.7 Å². The fraction of sp³-hybridized carbons (Fsp3) is 0.417. The van der Waals surface area contributed by atoms with E-state index in [0.717, 1.165) is 37.4 Å².